The van der Waals surface area contributed by atoms with Crippen LogP contribution in [0.3, 0.4) is 0 Å². The first-order chi connectivity index (χ1) is 13.4. The third kappa shape index (κ3) is 4.73. The lowest BCUT2D eigenvalue weighted by Crippen LogP contribution is -2.51. The Morgan fingerprint density at radius 3 is 2.32 bits per heavy atom. The highest BCUT2D eigenvalue weighted by Gasteiger charge is 2.33. The number of rotatable bonds is 6. The molecule has 0 aliphatic carbocycles. The maximum absolute atomic E-state index is 13.3. The van der Waals surface area contributed by atoms with Gasteiger partial charge in [-0.05, 0) is 23.1 Å². The van der Waals surface area contributed by atoms with Crippen molar-refractivity contribution in [1.29, 1.82) is 0 Å². The van der Waals surface area contributed by atoms with E-state index < -0.39 is 6.04 Å². The van der Waals surface area contributed by atoms with Crippen LogP contribution in [0.15, 0.2) is 77.7 Å². The van der Waals surface area contributed by atoms with E-state index in [0.29, 0.717) is 17.1 Å². The number of aromatic nitrogens is 1. The van der Waals surface area contributed by atoms with E-state index in [0.717, 1.165) is 5.76 Å². The number of carbonyl (C=O) groups is 1. The Labute approximate surface area is 171 Å². The largest absolute Gasteiger partial charge is 0.467 e. The van der Waals surface area contributed by atoms with Gasteiger partial charge in [-0.1, -0.05) is 63.3 Å². The van der Waals surface area contributed by atoms with Crippen LogP contribution in [0.5, 0.6) is 0 Å². The molecule has 0 amide bonds. The molecule has 0 saturated carbocycles. The second kappa shape index (κ2) is 8.48. The molecule has 3 rings (SSSR count). The number of nitrogens with one attached hydrogen (secondary N) is 1. The van der Waals surface area contributed by atoms with Crippen molar-refractivity contribution in [3.63, 3.8) is 0 Å². The van der Waals surface area contributed by atoms with Crippen molar-refractivity contribution in [3.8, 4) is 0 Å². The molecule has 0 aliphatic rings. The molecule has 0 fully saturated rings. The zero-order valence-electron chi connectivity index (χ0n) is 16.4. The number of carbonyl (C=O) groups excluding carboxylic acids is 1. The zero-order valence-corrected chi connectivity index (χ0v) is 17.2. The summed E-state index contributed by atoms with van der Waals surface area (Å²) in [5.74, 6) is 0.717. The summed E-state index contributed by atoms with van der Waals surface area (Å²) >= 11 is 5.60. The first-order valence-electron chi connectivity index (χ1n) is 9.27. The summed E-state index contributed by atoms with van der Waals surface area (Å²) in [5.41, 5.74) is 1.86. The summed E-state index contributed by atoms with van der Waals surface area (Å²) in [4.78, 5) is 13.8. The van der Waals surface area contributed by atoms with Crippen LogP contribution in [-0.2, 0) is 12.0 Å². The predicted molar refractivity (Wildman–Crippen MR) is 113 cm³/mol. The van der Waals surface area contributed by atoms with E-state index in [2.05, 4.69) is 26.1 Å². The van der Waals surface area contributed by atoms with Gasteiger partial charge in [-0.3, -0.25) is 4.79 Å². The number of Topliss-reactive ketones (excluding diaryl/α,β-unsaturated/α-hetero) is 1. The maximum Gasteiger partial charge on any atom is 0.270 e. The fraction of sp³-hybridized carbons (Fsp3) is 0.261. The molecule has 0 unspecified atom stereocenters. The predicted octanol–water partition coefficient (Wildman–Crippen LogP) is 4.41. The average Bonchev–Trinajstić information content (AvgIpc) is 3.20. The summed E-state index contributed by atoms with van der Waals surface area (Å²) in [7, 11) is 0. The molecule has 0 aliphatic heterocycles. The molecule has 1 aromatic carbocycles. The van der Waals surface area contributed by atoms with Gasteiger partial charge in [-0.2, -0.15) is 4.57 Å². The molecular formula is C23H25N2O2S+. The fourth-order valence-corrected chi connectivity index (χ4v) is 3.25. The number of nitrogens with zero attached hydrogens (tertiary/aromatic N) is 1. The van der Waals surface area contributed by atoms with E-state index in [-0.39, 0.29) is 11.2 Å². The lowest BCUT2D eigenvalue weighted by molar-refractivity contribution is -0.692. The Kier molecular flexibility index (Phi) is 6.05. The molecule has 1 N–H and O–H groups in total. The second-order valence-electron chi connectivity index (χ2n) is 7.71. The monoisotopic (exact) mass is 393 g/mol. The van der Waals surface area contributed by atoms with Crippen LogP contribution in [0.2, 0.25) is 0 Å². The second-order valence-corrected chi connectivity index (χ2v) is 8.15. The van der Waals surface area contributed by atoms with E-state index in [4.69, 9.17) is 16.6 Å². The molecule has 0 saturated heterocycles. The van der Waals surface area contributed by atoms with Crippen molar-refractivity contribution in [2.24, 2.45) is 0 Å². The topological polar surface area (TPSA) is 46.1 Å². The van der Waals surface area contributed by atoms with Crippen molar-refractivity contribution in [1.82, 2.24) is 5.32 Å². The van der Waals surface area contributed by atoms with Gasteiger partial charge in [0.1, 0.15) is 5.76 Å². The molecule has 0 radical (unpaired) electrons. The van der Waals surface area contributed by atoms with Crippen molar-refractivity contribution in [2.75, 3.05) is 0 Å². The van der Waals surface area contributed by atoms with Crippen LogP contribution in [0.4, 0.5) is 0 Å². The number of thiocarbonyl (C=S) groups is 1. The van der Waals surface area contributed by atoms with E-state index in [1.807, 2.05) is 71.6 Å². The van der Waals surface area contributed by atoms with Gasteiger partial charge in [-0.25, -0.2) is 0 Å². The van der Waals surface area contributed by atoms with Gasteiger partial charge in [0.15, 0.2) is 17.4 Å². The quantitative estimate of drug-likeness (QED) is 0.383. The van der Waals surface area contributed by atoms with E-state index >= 15 is 0 Å². The first-order valence-corrected chi connectivity index (χ1v) is 9.68. The lowest BCUT2D eigenvalue weighted by Gasteiger charge is -2.19. The SMILES string of the molecule is CC(C)(C)c1ccc(C(=O)[C@H](C(=S)NCc2ccco2)[n+]2ccccc2)cc1. The van der Waals surface area contributed by atoms with Crippen molar-refractivity contribution in [2.45, 2.75) is 38.8 Å². The summed E-state index contributed by atoms with van der Waals surface area (Å²) in [6, 6.07) is 16.6. The molecule has 3 aromatic rings. The van der Waals surface area contributed by atoms with E-state index in [1.165, 1.54) is 5.56 Å². The number of pyridine rings is 1. The van der Waals surface area contributed by atoms with E-state index in [1.54, 1.807) is 6.26 Å². The minimum atomic E-state index is -0.619. The van der Waals surface area contributed by atoms with Crippen LogP contribution < -0.4 is 9.88 Å². The van der Waals surface area contributed by atoms with Gasteiger partial charge in [0.2, 0.25) is 5.78 Å². The summed E-state index contributed by atoms with van der Waals surface area (Å²) in [6.07, 6.45) is 5.32. The van der Waals surface area contributed by atoms with Crippen LogP contribution in [-0.4, -0.2) is 10.8 Å². The maximum atomic E-state index is 13.3. The van der Waals surface area contributed by atoms with Crippen molar-refractivity contribution in [3.05, 3.63) is 90.1 Å². The average molecular weight is 394 g/mol. The Hall–Kier alpha value is -2.79. The van der Waals surface area contributed by atoms with Gasteiger partial charge in [0.25, 0.3) is 6.04 Å². The Balaban J connectivity index is 1.86. The molecule has 144 valence electrons. The molecule has 28 heavy (non-hydrogen) atoms. The van der Waals surface area contributed by atoms with Gasteiger partial charge >= 0.3 is 0 Å². The normalized spacial score (nSPS) is 12.4. The molecule has 0 bridgehead atoms. The number of furan rings is 1. The highest BCUT2D eigenvalue weighted by atomic mass is 32.1. The first kappa shape index (κ1) is 20.0. The number of hydrogen-bond donors (Lipinski definition) is 1. The third-order valence-electron chi connectivity index (χ3n) is 4.59. The van der Waals surface area contributed by atoms with Crippen LogP contribution in [0.25, 0.3) is 0 Å². The number of benzene rings is 1. The van der Waals surface area contributed by atoms with Crippen molar-refractivity contribution >= 4 is 23.0 Å². The molecule has 5 heteroatoms. The van der Waals surface area contributed by atoms with Crippen LogP contribution in [0.1, 0.15) is 48.5 Å². The van der Waals surface area contributed by atoms with E-state index in [9.17, 15) is 4.79 Å². The zero-order chi connectivity index (χ0) is 20.1. The van der Waals surface area contributed by atoms with Crippen LogP contribution in [0, 0.1) is 0 Å². The van der Waals surface area contributed by atoms with Gasteiger partial charge in [0.05, 0.1) is 12.8 Å². The Morgan fingerprint density at radius 2 is 1.75 bits per heavy atom. The molecule has 4 nitrogen and oxygen atoms in total. The Bertz CT molecular complexity index is 927. The van der Waals surface area contributed by atoms with Crippen LogP contribution >= 0.6 is 12.2 Å². The molecule has 0 spiro atoms. The fourth-order valence-electron chi connectivity index (χ4n) is 2.95. The number of hydrogen-bond acceptors (Lipinski definition) is 3. The summed E-state index contributed by atoms with van der Waals surface area (Å²) in [5, 5.41) is 3.17. The third-order valence-corrected chi connectivity index (χ3v) is 4.95. The summed E-state index contributed by atoms with van der Waals surface area (Å²) < 4.78 is 7.18. The molecule has 1 atom stereocenters. The standard InChI is InChI=1S/C23H24N2O2S/c1-23(2,3)18-11-9-17(10-12-18)21(26)20(25-13-5-4-6-14-25)22(28)24-16-19-8-7-15-27-19/h4-15,20H,16H2,1-3H3/p+1/t20-/m1/s1. The highest BCUT2D eigenvalue weighted by Crippen LogP contribution is 2.23. The lowest BCUT2D eigenvalue weighted by atomic mass is 9.86. The molecular weight excluding hydrogens is 368 g/mol. The number of ketones is 1. The van der Waals surface area contributed by atoms with Crippen molar-refractivity contribution < 1.29 is 13.8 Å². The summed E-state index contributed by atoms with van der Waals surface area (Å²) in [6.45, 7) is 6.90. The van der Waals surface area contributed by atoms with Gasteiger partial charge in [0, 0.05) is 17.7 Å². The van der Waals surface area contributed by atoms with Gasteiger partial charge < -0.3 is 9.73 Å². The minimum Gasteiger partial charge on any atom is -0.467 e. The Morgan fingerprint density at radius 1 is 1.07 bits per heavy atom. The molecule has 2 heterocycles. The van der Waals surface area contributed by atoms with Gasteiger partial charge in [-0.15, -0.1) is 0 Å². The minimum absolute atomic E-state index is 0.0368. The highest BCUT2D eigenvalue weighted by molar-refractivity contribution is 7.80. The molecule has 2 aromatic heterocycles. The smallest absolute Gasteiger partial charge is 0.270 e.